The minimum atomic E-state index is -0.416. The summed E-state index contributed by atoms with van der Waals surface area (Å²) in [4.78, 5) is 33.8. The number of anilines is 2. The summed E-state index contributed by atoms with van der Waals surface area (Å²) in [6.07, 6.45) is 6.20. The summed E-state index contributed by atoms with van der Waals surface area (Å²) in [7, 11) is 0. The number of imidazole rings is 1. The van der Waals surface area contributed by atoms with Gasteiger partial charge in [-0.3, -0.25) is 9.59 Å². The molecule has 1 aliphatic heterocycles. The lowest BCUT2D eigenvalue weighted by molar-refractivity contribution is 0.556. The van der Waals surface area contributed by atoms with E-state index in [1.165, 1.54) is 10.7 Å². The number of nitrogens with two attached hydrogens (primary N) is 1. The topological polar surface area (TPSA) is 110 Å². The molecular formula is C16H17N5O3. The summed E-state index contributed by atoms with van der Waals surface area (Å²) < 4.78 is 6.47. The molecule has 3 aromatic rings. The molecule has 4 heterocycles. The van der Waals surface area contributed by atoms with Gasteiger partial charge in [-0.15, -0.1) is 0 Å². The lowest BCUT2D eigenvalue weighted by Gasteiger charge is -2.28. The number of hydrogen-bond acceptors (Lipinski definition) is 6. The van der Waals surface area contributed by atoms with Gasteiger partial charge in [0.25, 0.3) is 11.1 Å². The van der Waals surface area contributed by atoms with E-state index in [4.69, 9.17) is 10.2 Å². The molecule has 0 aromatic carbocycles. The number of nitrogen functional groups attached to an aromatic ring is 1. The zero-order valence-electron chi connectivity index (χ0n) is 13.0. The van der Waals surface area contributed by atoms with Crippen LogP contribution in [0.5, 0.6) is 0 Å². The number of rotatable bonds is 2. The van der Waals surface area contributed by atoms with E-state index in [2.05, 4.69) is 9.97 Å². The van der Waals surface area contributed by atoms with E-state index in [1.807, 2.05) is 4.90 Å². The number of aromatic nitrogens is 3. The summed E-state index contributed by atoms with van der Waals surface area (Å²) in [5.74, 6) is 0.796. The van der Waals surface area contributed by atoms with E-state index >= 15 is 0 Å². The van der Waals surface area contributed by atoms with Gasteiger partial charge in [0.05, 0.1) is 6.26 Å². The number of fused-ring (bicyclic) bond motifs is 1. The molecule has 1 aliphatic rings. The Kier molecular flexibility index (Phi) is 3.37. The maximum absolute atomic E-state index is 12.6. The third-order valence-electron chi connectivity index (χ3n) is 4.29. The number of hydrogen-bond donors (Lipinski definition) is 2. The molecule has 3 N–H and O–H groups in total. The van der Waals surface area contributed by atoms with E-state index in [1.54, 1.807) is 18.2 Å². The summed E-state index contributed by atoms with van der Waals surface area (Å²) >= 11 is 0. The summed E-state index contributed by atoms with van der Waals surface area (Å²) in [6.45, 7) is 1.49. The first-order valence-electron chi connectivity index (χ1n) is 7.89. The molecular weight excluding hydrogens is 310 g/mol. The van der Waals surface area contributed by atoms with Gasteiger partial charge >= 0.3 is 0 Å². The fourth-order valence-electron chi connectivity index (χ4n) is 3.14. The third kappa shape index (κ3) is 2.27. The lowest BCUT2D eigenvalue weighted by Crippen LogP contribution is -2.36. The highest BCUT2D eigenvalue weighted by Crippen LogP contribution is 2.21. The van der Waals surface area contributed by atoms with Gasteiger partial charge in [0.15, 0.2) is 0 Å². The first kappa shape index (κ1) is 14.6. The molecule has 4 rings (SSSR count). The van der Waals surface area contributed by atoms with Gasteiger partial charge in [-0.2, -0.15) is 4.98 Å². The fraction of sp³-hybridized carbons (Fsp3) is 0.312. The molecule has 0 amide bonds. The molecule has 3 aromatic heterocycles. The zero-order chi connectivity index (χ0) is 16.7. The first-order valence-corrected chi connectivity index (χ1v) is 7.89. The monoisotopic (exact) mass is 327 g/mol. The number of H-pyrrole nitrogens is 1. The van der Waals surface area contributed by atoms with Crippen molar-refractivity contribution in [1.29, 1.82) is 0 Å². The van der Waals surface area contributed by atoms with Crippen LogP contribution in [0.1, 0.15) is 25.0 Å². The Bertz CT molecular complexity index is 1040. The minimum absolute atomic E-state index is 0.132. The van der Waals surface area contributed by atoms with E-state index in [-0.39, 0.29) is 22.5 Å². The molecule has 0 radical (unpaired) electrons. The van der Waals surface area contributed by atoms with Crippen molar-refractivity contribution >= 4 is 23.4 Å². The lowest BCUT2D eigenvalue weighted by atomic mass is 10.1. The zero-order valence-corrected chi connectivity index (χ0v) is 13.0. The van der Waals surface area contributed by atoms with Gasteiger partial charge < -0.3 is 20.0 Å². The first-order chi connectivity index (χ1) is 11.6. The average Bonchev–Trinajstić information content (AvgIpc) is 3.17. The van der Waals surface area contributed by atoms with Crippen LogP contribution in [0.25, 0.3) is 11.9 Å². The molecule has 8 heteroatoms. The van der Waals surface area contributed by atoms with Crippen molar-refractivity contribution < 1.29 is 4.42 Å². The van der Waals surface area contributed by atoms with Crippen LogP contribution in [-0.4, -0.2) is 27.5 Å². The molecule has 1 fully saturated rings. The van der Waals surface area contributed by atoms with Gasteiger partial charge in [-0.1, -0.05) is 0 Å². The Morgan fingerprint density at radius 1 is 1.25 bits per heavy atom. The minimum Gasteiger partial charge on any atom is -0.465 e. The van der Waals surface area contributed by atoms with E-state index in [0.29, 0.717) is 11.4 Å². The highest BCUT2D eigenvalue weighted by Gasteiger charge is 2.21. The molecule has 124 valence electrons. The van der Waals surface area contributed by atoms with Crippen molar-refractivity contribution in [2.45, 2.75) is 19.3 Å². The highest BCUT2D eigenvalue weighted by atomic mass is 16.3. The second-order valence-corrected chi connectivity index (χ2v) is 5.86. The third-order valence-corrected chi connectivity index (χ3v) is 4.29. The quantitative estimate of drug-likeness (QED) is 0.691. The van der Waals surface area contributed by atoms with E-state index in [9.17, 15) is 9.59 Å². The van der Waals surface area contributed by atoms with Crippen LogP contribution in [0.3, 0.4) is 0 Å². The van der Waals surface area contributed by atoms with Crippen molar-refractivity contribution in [2.24, 2.45) is 0 Å². The van der Waals surface area contributed by atoms with Crippen LogP contribution in [0.2, 0.25) is 0 Å². The molecule has 0 unspecified atom stereocenters. The average molecular weight is 327 g/mol. The smallest absolute Gasteiger partial charge is 0.300 e. The Hall–Kier alpha value is -3.03. The van der Waals surface area contributed by atoms with Crippen LogP contribution in [0, 0.1) is 0 Å². The van der Waals surface area contributed by atoms with Crippen molar-refractivity contribution in [3.8, 4) is 0 Å². The van der Waals surface area contributed by atoms with Crippen molar-refractivity contribution in [2.75, 3.05) is 23.7 Å². The predicted molar refractivity (Wildman–Crippen MR) is 90.1 cm³/mol. The second kappa shape index (κ2) is 5.55. The molecule has 24 heavy (non-hydrogen) atoms. The van der Waals surface area contributed by atoms with Gasteiger partial charge in [-0.25, -0.2) is 4.40 Å². The van der Waals surface area contributed by atoms with E-state index in [0.717, 1.165) is 32.4 Å². The summed E-state index contributed by atoms with van der Waals surface area (Å²) in [6, 6.07) is 3.45. The maximum atomic E-state index is 12.6. The SMILES string of the molecule is Nc1c(N2CCCCC2)c(=O)nc2[nH]/c(=C\c3ccco3)c(=O)n12. The summed E-state index contributed by atoms with van der Waals surface area (Å²) in [5, 5.41) is 0.263. The summed E-state index contributed by atoms with van der Waals surface area (Å²) in [5.41, 5.74) is 5.70. The molecule has 0 saturated carbocycles. The maximum Gasteiger partial charge on any atom is 0.300 e. The molecule has 0 bridgehead atoms. The largest absolute Gasteiger partial charge is 0.465 e. The van der Waals surface area contributed by atoms with Crippen molar-refractivity contribution in [3.63, 3.8) is 0 Å². The van der Waals surface area contributed by atoms with Gasteiger partial charge in [0.2, 0.25) is 5.78 Å². The van der Waals surface area contributed by atoms with Gasteiger partial charge in [-0.05, 0) is 31.4 Å². The van der Waals surface area contributed by atoms with E-state index < -0.39 is 5.56 Å². The van der Waals surface area contributed by atoms with Gasteiger partial charge in [0, 0.05) is 19.2 Å². The predicted octanol–water partition coefficient (Wildman–Crippen LogP) is 0.0960. The highest BCUT2D eigenvalue weighted by molar-refractivity contribution is 5.66. The number of piperidine rings is 1. The Balaban J connectivity index is 1.94. The molecule has 0 spiro atoms. The van der Waals surface area contributed by atoms with Crippen LogP contribution >= 0.6 is 0 Å². The molecule has 8 nitrogen and oxygen atoms in total. The van der Waals surface area contributed by atoms with Crippen molar-refractivity contribution in [1.82, 2.24) is 14.4 Å². The van der Waals surface area contributed by atoms with Crippen LogP contribution < -0.4 is 27.1 Å². The van der Waals surface area contributed by atoms with Crippen molar-refractivity contribution in [3.05, 3.63) is 50.2 Å². The standard InChI is InChI=1S/C16H17N5O3/c17-13-12(20-6-2-1-3-7-20)14(22)19-16-18-11(15(23)21(13)16)9-10-5-4-8-24-10/h4-5,8-9H,1-3,6-7,17H2,(H,18,19,22)/b11-9-. The van der Waals surface area contributed by atoms with Crippen LogP contribution in [0.4, 0.5) is 11.5 Å². The fourth-order valence-corrected chi connectivity index (χ4v) is 3.14. The Morgan fingerprint density at radius 3 is 2.75 bits per heavy atom. The number of nitrogens with zero attached hydrogens (tertiary/aromatic N) is 3. The normalized spacial score (nSPS) is 16.2. The van der Waals surface area contributed by atoms with Gasteiger partial charge in [0.1, 0.15) is 22.6 Å². The molecule has 0 aliphatic carbocycles. The number of furan rings is 1. The Morgan fingerprint density at radius 2 is 2.04 bits per heavy atom. The number of nitrogens with one attached hydrogen (secondary N) is 1. The Labute approximate surface area is 136 Å². The second-order valence-electron chi connectivity index (χ2n) is 5.86. The van der Waals surface area contributed by atoms with Crippen LogP contribution in [-0.2, 0) is 0 Å². The number of aromatic amines is 1. The van der Waals surface area contributed by atoms with Crippen LogP contribution in [0.15, 0.2) is 32.4 Å². The molecule has 1 saturated heterocycles. The molecule has 0 atom stereocenters.